The number of ether oxygens (including phenoxy) is 2. The van der Waals surface area contributed by atoms with Crippen molar-refractivity contribution in [2.24, 2.45) is 16.5 Å². The third-order valence-electron chi connectivity index (χ3n) is 8.18. The van der Waals surface area contributed by atoms with Crippen molar-refractivity contribution in [2.75, 3.05) is 20.8 Å². The molecule has 12 nitrogen and oxygen atoms in total. The molecule has 0 aliphatic carbocycles. The van der Waals surface area contributed by atoms with Crippen LogP contribution in [0.1, 0.15) is 85.3 Å². The number of hydrogen-bond donors (Lipinski definition) is 6. The van der Waals surface area contributed by atoms with Gasteiger partial charge in [-0.25, -0.2) is 4.79 Å². The summed E-state index contributed by atoms with van der Waals surface area (Å²) in [7, 11) is 3.02. The van der Waals surface area contributed by atoms with E-state index < -0.39 is 24.0 Å². The number of phenolic OH excluding ortho intramolecular Hbond substituents is 2. The first-order chi connectivity index (χ1) is 26.0. The average Bonchev–Trinajstić information content (AvgIpc) is 3.18. The predicted molar refractivity (Wildman–Crippen MR) is 210 cm³/mol. The van der Waals surface area contributed by atoms with E-state index >= 15 is 0 Å². The van der Waals surface area contributed by atoms with Gasteiger partial charge in [-0.1, -0.05) is 93.3 Å². The second-order valence-electron chi connectivity index (χ2n) is 12.2. The maximum atomic E-state index is 12.1. The van der Waals surface area contributed by atoms with E-state index in [4.69, 9.17) is 26.0 Å². The SMILES string of the molecule is CCCCCCC(N)C(=O)O.COc1ccc(C(=NC(CCCCN)C(=O)O)c2ccccc2)c(O)c1.COc1ccc(C(=O)c2ccccc2)c(O)c1. The Morgan fingerprint density at radius 1 is 0.667 bits per heavy atom. The number of methoxy groups -OCH3 is 2. The number of rotatable bonds is 18. The standard InChI is InChI=1S/C20H24N2O4.C14H12O3.C8H17NO2/c1-26-15-10-11-16(18(23)13-15)19(14-7-3-2-4-8-14)22-17(20(24)25)9-5-6-12-21;1-17-11-7-8-12(13(15)9-11)14(16)10-5-3-2-4-6-10;1-2-3-4-5-6-7(9)8(10)11/h2-4,7-8,10-11,13,17,23H,5-6,9,12,21H2,1H3,(H,24,25);2-9,15H,1H3;7H,2-6,9H2,1H3,(H,10,11). The molecule has 2 unspecified atom stereocenters. The van der Waals surface area contributed by atoms with Gasteiger partial charge >= 0.3 is 11.9 Å². The summed E-state index contributed by atoms with van der Waals surface area (Å²) < 4.78 is 10.1. The first kappa shape index (κ1) is 44.4. The van der Waals surface area contributed by atoms with Crippen LogP contribution in [0.2, 0.25) is 0 Å². The van der Waals surface area contributed by atoms with Gasteiger partial charge in [0.15, 0.2) is 5.78 Å². The van der Waals surface area contributed by atoms with E-state index in [1.807, 2.05) is 36.4 Å². The van der Waals surface area contributed by atoms with Crippen molar-refractivity contribution in [1.82, 2.24) is 0 Å². The fraction of sp³-hybridized carbons (Fsp3) is 0.333. The van der Waals surface area contributed by atoms with E-state index in [2.05, 4.69) is 11.9 Å². The van der Waals surface area contributed by atoms with Gasteiger partial charge in [0.05, 0.1) is 25.5 Å². The normalized spacial score (nSPS) is 11.8. The van der Waals surface area contributed by atoms with Crippen molar-refractivity contribution >= 4 is 23.4 Å². The molecule has 290 valence electrons. The number of unbranched alkanes of at least 4 members (excludes halogenated alkanes) is 4. The first-order valence-electron chi connectivity index (χ1n) is 17.9. The minimum atomic E-state index is -0.997. The van der Waals surface area contributed by atoms with Gasteiger partial charge < -0.3 is 41.4 Å². The Balaban J connectivity index is 0.000000309. The molecular weight excluding hydrogens is 690 g/mol. The smallest absolute Gasteiger partial charge is 0.328 e. The van der Waals surface area contributed by atoms with Crippen LogP contribution in [0, 0.1) is 0 Å². The molecule has 4 rings (SSSR count). The summed E-state index contributed by atoms with van der Waals surface area (Å²) in [5.41, 5.74) is 13.2. The van der Waals surface area contributed by atoms with Gasteiger partial charge in [-0.15, -0.1) is 0 Å². The molecule has 0 saturated carbocycles. The Morgan fingerprint density at radius 3 is 1.65 bits per heavy atom. The number of aliphatic imine (C=N–C) groups is 1. The van der Waals surface area contributed by atoms with Crippen LogP contribution < -0.4 is 20.9 Å². The predicted octanol–water partition coefficient (Wildman–Crippen LogP) is 6.82. The highest BCUT2D eigenvalue weighted by molar-refractivity contribution is 6.15. The minimum Gasteiger partial charge on any atom is -0.507 e. The van der Waals surface area contributed by atoms with Crippen molar-refractivity contribution in [1.29, 1.82) is 0 Å². The molecule has 0 aromatic heterocycles. The molecule has 4 aromatic carbocycles. The summed E-state index contributed by atoms with van der Waals surface area (Å²) in [5, 5.41) is 38.1. The van der Waals surface area contributed by atoms with Gasteiger partial charge in [-0.3, -0.25) is 14.6 Å². The molecule has 2 atom stereocenters. The van der Waals surface area contributed by atoms with Crippen molar-refractivity contribution in [2.45, 2.75) is 70.4 Å². The molecule has 0 amide bonds. The number of carbonyl (C=O) groups is 3. The fourth-order valence-electron chi connectivity index (χ4n) is 5.11. The maximum absolute atomic E-state index is 12.1. The summed E-state index contributed by atoms with van der Waals surface area (Å²) in [5.74, 6) is -1.14. The molecule has 8 N–H and O–H groups in total. The Hall–Kier alpha value is -5.72. The third-order valence-corrected chi connectivity index (χ3v) is 8.18. The third kappa shape index (κ3) is 15.1. The Labute approximate surface area is 317 Å². The maximum Gasteiger partial charge on any atom is 0.328 e. The number of carboxylic acid groups (broad SMARTS) is 2. The van der Waals surface area contributed by atoms with Gasteiger partial charge in [-0.2, -0.15) is 0 Å². The summed E-state index contributed by atoms with van der Waals surface area (Å²) in [6.45, 7) is 2.64. The van der Waals surface area contributed by atoms with E-state index in [0.29, 0.717) is 54.1 Å². The second-order valence-corrected chi connectivity index (χ2v) is 12.2. The Bertz CT molecular complexity index is 1770. The van der Waals surface area contributed by atoms with Crippen molar-refractivity contribution in [3.05, 3.63) is 119 Å². The lowest BCUT2D eigenvalue weighted by Gasteiger charge is -2.14. The lowest BCUT2D eigenvalue weighted by Crippen LogP contribution is -2.29. The quantitative estimate of drug-likeness (QED) is 0.0353. The zero-order valence-electron chi connectivity index (χ0n) is 31.2. The van der Waals surface area contributed by atoms with Gasteiger partial charge in [-0.05, 0) is 56.5 Å². The Morgan fingerprint density at radius 2 is 1.19 bits per heavy atom. The zero-order chi connectivity index (χ0) is 39.9. The first-order valence-corrected chi connectivity index (χ1v) is 17.9. The summed E-state index contributed by atoms with van der Waals surface area (Å²) >= 11 is 0. The van der Waals surface area contributed by atoms with Crippen LogP contribution >= 0.6 is 0 Å². The highest BCUT2D eigenvalue weighted by Gasteiger charge is 2.20. The largest absolute Gasteiger partial charge is 0.507 e. The number of aliphatic carboxylic acids is 2. The monoisotopic (exact) mass is 743 g/mol. The topological polar surface area (TPSA) is 215 Å². The van der Waals surface area contributed by atoms with Crippen LogP contribution in [-0.2, 0) is 9.59 Å². The van der Waals surface area contributed by atoms with Crippen LogP contribution in [0.4, 0.5) is 0 Å². The number of hydrogen-bond acceptors (Lipinski definition) is 10. The van der Waals surface area contributed by atoms with Crippen LogP contribution in [0.5, 0.6) is 23.0 Å². The van der Waals surface area contributed by atoms with E-state index in [1.165, 1.54) is 39.2 Å². The van der Waals surface area contributed by atoms with E-state index in [0.717, 1.165) is 24.8 Å². The van der Waals surface area contributed by atoms with Crippen molar-refractivity contribution < 1.29 is 44.3 Å². The average molecular weight is 744 g/mol. The summed E-state index contributed by atoms with van der Waals surface area (Å²) in [6, 6.07) is 26.0. The van der Waals surface area contributed by atoms with Crippen LogP contribution in [0.25, 0.3) is 0 Å². The Kier molecular flexibility index (Phi) is 20.2. The number of nitrogens with zero attached hydrogens (tertiary/aromatic N) is 1. The summed E-state index contributed by atoms with van der Waals surface area (Å²) in [6.07, 6.45) is 6.78. The van der Waals surface area contributed by atoms with E-state index in [1.54, 1.807) is 48.5 Å². The molecule has 4 aromatic rings. The number of ketones is 1. The number of nitrogens with two attached hydrogens (primary N) is 2. The molecular formula is C42H53N3O9. The van der Waals surface area contributed by atoms with E-state index in [-0.39, 0.29) is 22.8 Å². The molecule has 0 radical (unpaired) electrons. The number of phenols is 2. The van der Waals surface area contributed by atoms with Gasteiger partial charge in [0, 0.05) is 28.8 Å². The van der Waals surface area contributed by atoms with Crippen molar-refractivity contribution in [3.8, 4) is 23.0 Å². The lowest BCUT2D eigenvalue weighted by atomic mass is 10.00. The fourth-order valence-corrected chi connectivity index (χ4v) is 5.11. The number of carbonyl (C=O) groups excluding carboxylic acids is 1. The highest BCUT2D eigenvalue weighted by atomic mass is 16.5. The molecule has 0 aliphatic rings. The molecule has 0 fully saturated rings. The number of aromatic hydroxyl groups is 2. The zero-order valence-corrected chi connectivity index (χ0v) is 31.2. The van der Waals surface area contributed by atoms with Gasteiger partial charge in [0.25, 0.3) is 0 Å². The van der Waals surface area contributed by atoms with E-state index in [9.17, 15) is 29.7 Å². The molecule has 0 heterocycles. The number of carboxylic acids is 2. The van der Waals surface area contributed by atoms with Crippen molar-refractivity contribution in [3.63, 3.8) is 0 Å². The molecule has 0 bridgehead atoms. The van der Waals surface area contributed by atoms with Crippen LogP contribution in [-0.4, -0.2) is 76.7 Å². The summed E-state index contributed by atoms with van der Waals surface area (Å²) in [4.78, 5) is 38.4. The molecule has 12 heteroatoms. The molecule has 0 aliphatic heterocycles. The van der Waals surface area contributed by atoms with Gasteiger partial charge in [0.1, 0.15) is 35.1 Å². The minimum absolute atomic E-state index is 0.0157. The molecule has 54 heavy (non-hydrogen) atoms. The molecule has 0 saturated heterocycles. The van der Waals surface area contributed by atoms with Crippen LogP contribution in [0.3, 0.4) is 0 Å². The second kappa shape index (κ2) is 24.5. The highest BCUT2D eigenvalue weighted by Crippen LogP contribution is 2.28. The lowest BCUT2D eigenvalue weighted by molar-refractivity contribution is -0.139. The van der Waals surface area contributed by atoms with Gasteiger partial charge in [0.2, 0.25) is 0 Å². The molecule has 0 spiro atoms. The van der Waals surface area contributed by atoms with Crippen LogP contribution in [0.15, 0.2) is 102 Å². The number of benzene rings is 4.